The Kier molecular flexibility index (Phi) is 4.20. The molecule has 1 aromatic heterocycles. The van der Waals surface area contributed by atoms with Crippen molar-refractivity contribution in [3.8, 4) is 11.1 Å². The van der Waals surface area contributed by atoms with E-state index in [-0.39, 0.29) is 5.91 Å². The van der Waals surface area contributed by atoms with Gasteiger partial charge in [-0.3, -0.25) is 9.78 Å². The van der Waals surface area contributed by atoms with Gasteiger partial charge in [-0.2, -0.15) is 0 Å². The van der Waals surface area contributed by atoms with Crippen molar-refractivity contribution in [1.82, 2.24) is 9.88 Å². The standard InChI is InChI=1S/C21H20N2O2/c1-15-8-9-19-18(6-3-7-20(19)22-15)16-4-2-5-17(14-16)21(24)23-10-12-25-13-11-23/h2-9,14H,10-13H2,1H3. The van der Waals surface area contributed by atoms with Crippen LogP contribution in [0.15, 0.2) is 54.6 Å². The fourth-order valence-electron chi connectivity index (χ4n) is 3.28. The maximum absolute atomic E-state index is 12.7. The molecule has 2 heterocycles. The van der Waals surface area contributed by atoms with Crippen LogP contribution in [0, 0.1) is 6.92 Å². The molecule has 126 valence electrons. The number of pyridine rings is 1. The largest absolute Gasteiger partial charge is 0.378 e. The van der Waals surface area contributed by atoms with Gasteiger partial charge in [0.05, 0.1) is 18.7 Å². The molecule has 2 aromatic carbocycles. The summed E-state index contributed by atoms with van der Waals surface area (Å²) < 4.78 is 5.34. The SMILES string of the molecule is Cc1ccc2c(-c3cccc(C(=O)N4CCOCC4)c3)cccc2n1. The van der Waals surface area contributed by atoms with Crippen LogP contribution in [0.1, 0.15) is 16.1 Å². The Balaban J connectivity index is 1.73. The van der Waals surface area contributed by atoms with Crippen LogP contribution < -0.4 is 0 Å². The predicted octanol–water partition coefficient (Wildman–Crippen LogP) is 3.68. The third kappa shape index (κ3) is 3.13. The van der Waals surface area contributed by atoms with E-state index in [1.807, 2.05) is 54.3 Å². The first-order valence-electron chi connectivity index (χ1n) is 8.56. The van der Waals surface area contributed by atoms with Gasteiger partial charge < -0.3 is 9.64 Å². The molecule has 0 radical (unpaired) electrons. The van der Waals surface area contributed by atoms with Crippen molar-refractivity contribution in [2.75, 3.05) is 26.3 Å². The van der Waals surface area contributed by atoms with Crippen molar-refractivity contribution in [2.45, 2.75) is 6.92 Å². The summed E-state index contributed by atoms with van der Waals surface area (Å²) in [6.07, 6.45) is 0. The average molecular weight is 332 g/mol. The van der Waals surface area contributed by atoms with Crippen LogP contribution in [-0.2, 0) is 4.74 Å². The van der Waals surface area contributed by atoms with Gasteiger partial charge in [0.25, 0.3) is 5.91 Å². The predicted molar refractivity (Wildman–Crippen MR) is 98.6 cm³/mol. The Labute approximate surface area is 147 Å². The van der Waals surface area contributed by atoms with Crippen molar-refractivity contribution in [2.24, 2.45) is 0 Å². The number of nitrogens with zero attached hydrogens (tertiary/aromatic N) is 2. The van der Waals surface area contributed by atoms with Crippen LogP contribution in [-0.4, -0.2) is 42.1 Å². The van der Waals surface area contributed by atoms with Gasteiger partial charge in [0.2, 0.25) is 0 Å². The molecule has 0 N–H and O–H groups in total. The molecule has 1 aliphatic heterocycles. The highest BCUT2D eigenvalue weighted by atomic mass is 16.5. The van der Waals surface area contributed by atoms with Gasteiger partial charge >= 0.3 is 0 Å². The summed E-state index contributed by atoms with van der Waals surface area (Å²) >= 11 is 0. The number of rotatable bonds is 2. The minimum atomic E-state index is 0.0688. The van der Waals surface area contributed by atoms with E-state index in [2.05, 4.69) is 17.1 Å². The highest BCUT2D eigenvalue weighted by Gasteiger charge is 2.19. The average Bonchev–Trinajstić information content (AvgIpc) is 2.67. The van der Waals surface area contributed by atoms with E-state index in [9.17, 15) is 4.79 Å². The van der Waals surface area contributed by atoms with E-state index in [4.69, 9.17) is 4.74 Å². The van der Waals surface area contributed by atoms with Crippen LogP contribution in [0.2, 0.25) is 0 Å². The molecule has 4 heteroatoms. The monoisotopic (exact) mass is 332 g/mol. The number of amides is 1. The Bertz CT molecular complexity index is 930. The fraction of sp³-hybridized carbons (Fsp3) is 0.238. The Morgan fingerprint density at radius 1 is 1.04 bits per heavy atom. The molecule has 4 nitrogen and oxygen atoms in total. The lowest BCUT2D eigenvalue weighted by Crippen LogP contribution is -2.40. The number of fused-ring (bicyclic) bond motifs is 1. The Hall–Kier alpha value is -2.72. The summed E-state index contributed by atoms with van der Waals surface area (Å²) in [6, 6.07) is 18.1. The molecule has 25 heavy (non-hydrogen) atoms. The molecule has 1 fully saturated rings. The van der Waals surface area contributed by atoms with Gasteiger partial charge in [-0.1, -0.05) is 30.3 Å². The molecule has 0 saturated carbocycles. The summed E-state index contributed by atoms with van der Waals surface area (Å²) in [5.41, 5.74) is 4.83. The molecule has 0 spiro atoms. The number of hydrogen-bond acceptors (Lipinski definition) is 3. The van der Waals surface area contributed by atoms with Crippen LogP contribution >= 0.6 is 0 Å². The Morgan fingerprint density at radius 2 is 1.84 bits per heavy atom. The molecule has 0 aliphatic carbocycles. The van der Waals surface area contributed by atoms with Gasteiger partial charge in [0.1, 0.15) is 0 Å². The molecule has 1 aliphatic rings. The quantitative estimate of drug-likeness (QED) is 0.719. The van der Waals surface area contributed by atoms with Crippen molar-refractivity contribution < 1.29 is 9.53 Å². The number of ether oxygens (including phenoxy) is 1. The van der Waals surface area contributed by atoms with E-state index in [1.165, 1.54) is 0 Å². The van der Waals surface area contributed by atoms with Crippen LogP contribution in [0.4, 0.5) is 0 Å². The highest BCUT2D eigenvalue weighted by Crippen LogP contribution is 2.29. The van der Waals surface area contributed by atoms with E-state index in [0.717, 1.165) is 33.3 Å². The first-order valence-corrected chi connectivity index (χ1v) is 8.56. The number of morpholine rings is 1. The number of hydrogen-bond donors (Lipinski definition) is 0. The lowest BCUT2D eigenvalue weighted by Gasteiger charge is -2.27. The second kappa shape index (κ2) is 6.65. The second-order valence-corrected chi connectivity index (χ2v) is 6.31. The van der Waals surface area contributed by atoms with Crippen molar-refractivity contribution in [3.05, 3.63) is 65.9 Å². The van der Waals surface area contributed by atoms with Gasteiger partial charge in [0.15, 0.2) is 0 Å². The third-order valence-electron chi connectivity index (χ3n) is 4.59. The van der Waals surface area contributed by atoms with Crippen molar-refractivity contribution in [1.29, 1.82) is 0 Å². The van der Waals surface area contributed by atoms with E-state index >= 15 is 0 Å². The van der Waals surface area contributed by atoms with Crippen molar-refractivity contribution >= 4 is 16.8 Å². The zero-order valence-electron chi connectivity index (χ0n) is 14.2. The van der Waals surface area contributed by atoms with E-state index in [1.54, 1.807) is 0 Å². The number of carbonyl (C=O) groups is 1. The summed E-state index contributed by atoms with van der Waals surface area (Å²) in [5.74, 6) is 0.0688. The van der Waals surface area contributed by atoms with Crippen LogP contribution in [0.5, 0.6) is 0 Å². The third-order valence-corrected chi connectivity index (χ3v) is 4.59. The topological polar surface area (TPSA) is 42.4 Å². The minimum absolute atomic E-state index is 0.0688. The lowest BCUT2D eigenvalue weighted by molar-refractivity contribution is 0.0303. The van der Waals surface area contributed by atoms with Crippen LogP contribution in [0.3, 0.4) is 0 Å². The summed E-state index contributed by atoms with van der Waals surface area (Å²) in [5, 5.41) is 1.10. The zero-order chi connectivity index (χ0) is 17.2. The summed E-state index contributed by atoms with van der Waals surface area (Å²) in [7, 11) is 0. The molecule has 0 atom stereocenters. The van der Waals surface area contributed by atoms with Gasteiger partial charge in [-0.15, -0.1) is 0 Å². The maximum atomic E-state index is 12.7. The number of benzene rings is 2. The van der Waals surface area contributed by atoms with Gasteiger partial charge in [0, 0.05) is 29.7 Å². The normalized spacial score (nSPS) is 14.7. The number of aromatic nitrogens is 1. The molecule has 1 amide bonds. The number of aryl methyl sites for hydroxylation is 1. The first-order chi connectivity index (χ1) is 12.2. The zero-order valence-corrected chi connectivity index (χ0v) is 14.2. The molecular weight excluding hydrogens is 312 g/mol. The minimum Gasteiger partial charge on any atom is -0.378 e. The molecule has 0 bridgehead atoms. The van der Waals surface area contributed by atoms with Crippen LogP contribution in [0.25, 0.3) is 22.0 Å². The van der Waals surface area contributed by atoms with E-state index < -0.39 is 0 Å². The second-order valence-electron chi connectivity index (χ2n) is 6.31. The molecular formula is C21H20N2O2. The van der Waals surface area contributed by atoms with Gasteiger partial charge in [-0.25, -0.2) is 0 Å². The maximum Gasteiger partial charge on any atom is 0.254 e. The molecule has 4 rings (SSSR count). The molecule has 3 aromatic rings. The first kappa shape index (κ1) is 15.8. The molecule has 0 unspecified atom stereocenters. The summed E-state index contributed by atoms with van der Waals surface area (Å²) in [6.45, 7) is 4.52. The smallest absolute Gasteiger partial charge is 0.254 e. The highest BCUT2D eigenvalue weighted by molar-refractivity contribution is 5.98. The molecule has 1 saturated heterocycles. The summed E-state index contributed by atoms with van der Waals surface area (Å²) in [4.78, 5) is 19.2. The van der Waals surface area contributed by atoms with Gasteiger partial charge in [-0.05, 0) is 42.3 Å². The lowest BCUT2D eigenvalue weighted by atomic mass is 9.98. The van der Waals surface area contributed by atoms with Crippen molar-refractivity contribution in [3.63, 3.8) is 0 Å². The number of carbonyl (C=O) groups excluding carboxylic acids is 1. The Morgan fingerprint density at radius 3 is 2.68 bits per heavy atom. The van der Waals surface area contributed by atoms with E-state index in [0.29, 0.717) is 26.3 Å². The fourth-order valence-corrected chi connectivity index (χ4v) is 3.28.